The van der Waals surface area contributed by atoms with Crippen molar-refractivity contribution in [3.8, 4) is 0 Å². The fourth-order valence-electron chi connectivity index (χ4n) is 4.33. The number of amides is 2. The molecule has 29 heavy (non-hydrogen) atoms. The van der Waals surface area contributed by atoms with E-state index in [4.69, 9.17) is 0 Å². The molecule has 0 radical (unpaired) electrons. The Morgan fingerprint density at radius 3 is 1.31 bits per heavy atom. The molecule has 2 atom stereocenters. The van der Waals surface area contributed by atoms with Gasteiger partial charge in [-0.2, -0.15) is 0 Å². The van der Waals surface area contributed by atoms with E-state index in [1.165, 1.54) is 0 Å². The van der Waals surface area contributed by atoms with Gasteiger partial charge in [-0.25, -0.2) is 0 Å². The van der Waals surface area contributed by atoms with E-state index in [0.29, 0.717) is 6.42 Å². The summed E-state index contributed by atoms with van der Waals surface area (Å²) in [5.74, 6) is -0.0768. The molecule has 3 aromatic rings. The fraction of sp³-hybridized carbons (Fsp3) is 0.200. The second-order valence-electron chi connectivity index (χ2n) is 7.36. The zero-order chi connectivity index (χ0) is 20.4. The van der Waals surface area contributed by atoms with Gasteiger partial charge in [-0.15, -0.1) is 0 Å². The molecule has 4 nitrogen and oxygen atoms in total. The first-order valence-electron chi connectivity index (χ1n) is 9.86. The molecule has 1 heterocycles. The molecule has 146 valence electrons. The van der Waals surface area contributed by atoms with Gasteiger partial charge in [0, 0.05) is 13.8 Å². The highest BCUT2D eigenvalue weighted by atomic mass is 16.2. The highest BCUT2D eigenvalue weighted by molar-refractivity contribution is 6.02. The lowest BCUT2D eigenvalue weighted by atomic mass is 9.93. The lowest BCUT2D eigenvalue weighted by Gasteiger charge is -2.32. The molecule has 0 saturated heterocycles. The highest BCUT2D eigenvalue weighted by Crippen LogP contribution is 2.47. The Bertz CT molecular complexity index is 935. The molecule has 0 spiro atoms. The number of nitrogens with zero attached hydrogens (tertiary/aromatic N) is 2. The molecular formula is C25H24N2O2. The van der Waals surface area contributed by atoms with Crippen LogP contribution in [0.2, 0.25) is 0 Å². The number of hydrogen-bond donors (Lipinski definition) is 0. The number of anilines is 2. The van der Waals surface area contributed by atoms with E-state index < -0.39 is 0 Å². The van der Waals surface area contributed by atoms with E-state index in [1.807, 2.05) is 70.5 Å². The molecule has 4 heteroatoms. The second kappa shape index (κ2) is 7.92. The van der Waals surface area contributed by atoms with E-state index in [2.05, 4.69) is 24.3 Å². The Hall–Kier alpha value is -3.40. The average Bonchev–Trinajstić information content (AvgIpc) is 2.90. The Labute approximate surface area is 171 Å². The van der Waals surface area contributed by atoms with Gasteiger partial charge < -0.3 is 9.80 Å². The van der Waals surface area contributed by atoms with E-state index >= 15 is 0 Å². The van der Waals surface area contributed by atoms with Crippen molar-refractivity contribution in [3.63, 3.8) is 0 Å². The number of rotatable bonds is 2. The number of hydrogen-bond acceptors (Lipinski definition) is 2. The molecule has 2 unspecified atom stereocenters. The first-order valence-corrected chi connectivity index (χ1v) is 9.86. The third-order valence-corrected chi connectivity index (χ3v) is 5.52. The zero-order valence-electron chi connectivity index (χ0n) is 16.7. The van der Waals surface area contributed by atoms with Gasteiger partial charge in [0.1, 0.15) is 0 Å². The quantitative estimate of drug-likeness (QED) is 0.603. The van der Waals surface area contributed by atoms with Crippen LogP contribution in [0.1, 0.15) is 43.5 Å². The summed E-state index contributed by atoms with van der Waals surface area (Å²) in [7, 11) is 0. The maximum Gasteiger partial charge on any atom is 0.224 e. The fourth-order valence-corrected chi connectivity index (χ4v) is 4.33. The summed E-state index contributed by atoms with van der Waals surface area (Å²) in [5.41, 5.74) is 3.65. The minimum absolute atomic E-state index is 0.0384. The highest BCUT2D eigenvalue weighted by Gasteiger charge is 2.38. The Kier molecular flexibility index (Phi) is 5.17. The van der Waals surface area contributed by atoms with Gasteiger partial charge in [-0.05, 0) is 29.7 Å². The summed E-state index contributed by atoms with van der Waals surface area (Å²) >= 11 is 0. The Morgan fingerprint density at radius 1 is 0.621 bits per heavy atom. The van der Waals surface area contributed by atoms with E-state index in [0.717, 1.165) is 22.5 Å². The minimum atomic E-state index is -0.176. The van der Waals surface area contributed by atoms with Crippen LogP contribution in [0, 0.1) is 0 Å². The molecule has 0 fully saturated rings. The maximum absolute atomic E-state index is 12.8. The topological polar surface area (TPSA) is 40.6 Å². The largest absolute Gasteiger partial charge is 0.303 e. The lowest BCUT2D eigenvalue weighted by molar-refractivity contribution is -0.117. The monoisotopic (exact) mass is 384 g/mol. The van der Waals surface area contributed by atoms with Crippen LogP contribution < -0.4 is 9.80 Å². The summed E-state index contributed by atoms with van der Waals surface area (Å²) in [6, 6.07) is 27.4. The summed E-state index contributed by atoms with van der Waals surface area (Å²) < 4.78 is 0. The Balaban J connectivity index is 1.97. The van der Waals surface area contributed by atoms with Gasteiger partial charge >= 0.3 is 0 Å². The van der Waals surface area contributed by atoms with Gasteiger partial charge in [0.05, 0.1) is 23.5 Å². The molecule has 0 N–H and O–H groups in total. The van der Waals surface area contributed by atoms with E-state index in [-0.39, 0.29) is 23.9 Å². The SMILES string of the molecule is CC(=O)N1c2ccccc2N(C(C)=O)C(c2ccccc2)CC1c1ccccc1. The van der Waals surface area contributed by atoms with Crippen LogP contribution in [0.25, 0.3) is 0 Å². The van der Waals surface area contributed by atoms with Crippen molar-refractivity contribution in [3.05, 3.63) is 96.1 Å². The van der Waals surface area contributed by atoms with E-state index in [9.17, 15) is 9.59 Å². The molecule has 1 aliphatic heterocycles. The second-order valence-corrected chi connectivity index (χ2v) is 7.36. The van der Waals surface area contributed by atoms with Crippen molar-refractivity contribution < 1.29 is 9.59 Å². The number of para-hydroxylation sites is 2. The molecule has 0 aliphatic carbocycles. The van der Waals surface area contributed by atoms with Gasteiger partial charge in [0.2, 0.25) is 11.8 Å². The molecule has 0 aromatic heterocycles. The molecular weight excluding hydrogens is 360 g/mol. The molecule has 0 saturated carbocycles. The summed E-state index contributed by atoms with van der Waals surface area (Å²) in [6.07, 6.45) is 0.613. The van der Waals surface area contributed by atoms with Crippen LogP contribution in [0.3, 0.4) is 0 Å². The number of benzene rings is 3. The van der Waals surface area contributed by atoms with Crippen molar-refractivity contribution in [1.29, 1.82) is 0 Å². The van der Waals surface area contributed by atoms with Crippen LogP contribution in [0.15, 0.2) is 84.9 Å². The smallest absolute Gasteiger partial charge is 0.224 e. The van der Waals surface area contributed by atoms with Gasteiger partial charge in [0.15, 0.2) is 0 Å². The van der Waals surface area contributed by atoms with Crippen molar-refractivity contribution in [1.82, 2.24) is 0 Å². The summed E-state index contributed by atoms with van der Waals surface area (Å²) in [6.45, 7) is 3.18. The van der Waals surface area contributed by atoms with Gasteiger partial charge in [-0.1, -0.05) is 72.8 Å². The standard InChI is InChI=1S/C25H24N2O2/c1-18(28)26-22-15-9-10-16-23(22)27(19(2)29)25(21-13-7-4-8-14-21)17-24(26)20-11-5-3-6-12-20/h3-16,24-25H,17H2,1-2H3. The predicted octanol–water partition coefficient (Wildman–Crippen LogP) is 5.28. The maximum atomic E-state index is 12.8. The molecule has 1 aliphatic rings. The van der Waals surface area contributed by atoms with Gasteiger partial charge in [-0.3, -0.25) is 9.59 Å². The van der Waals surface area contributed by atoms with Crippen LogP contribution in [-0.2, 0) is 9.59 Å². The van der Waals surface area contributed by atoms with Crippen molar-refractivity contribution in [2.45, 2.75) is 32.4 Å². The first kappa shape index (κ1) is 18.9. The molecule has 0 bridgehead atoms. The normalized spacial score (nSPS) is 18.7. The lowest BCUT2D eigenvalue weighted by Crippen LogP contribution is -2.34. The summed E-state index contributed by atoms with van der Waals surface area (Å²) in [4.78, 5) is 29.4. The zero-order valence-corrected chi connectivity index (χ0v) is 16.7. The van der Waals surface area contributed by atoms with Crippen molar-refractivity contribution in [2.75, 3.05) is 9.80 Å². The van der Waals surface area contributed by atoms with Crippen molar-refractivity contribution >= 4 is 23.2 Å². The molecule has 4 rings (SSSR count). The van der Waals surface area contributed by atoms with E-state index in [1.54, 1.807) is 13.8 Å². The Morgan fingerprint density at radius 2 is 0.966 bits per heavy atom. The van der Waals surface area contributed by atoms with Crippen molar-refractivity contribution in [2.24, 2.45) is 0 Å². The molecule has 2 amide bonds. The van der Waals surface area contributed by atoms with Crippen LogP contribution >= 0.6 is 0 Å². The third kappa shape index (κ3) is 3.54. The number of carbonyl (C=O) groups excluding carboxylic acids is 2. The third-order valence-electron chi connectivity index (χ3n) is 5.52. The minimum Gasteiger partial charge on any atom is -0.303 e. The number of carbonyl (C=O) groups is 2. The van der Waals surface area contributed by atoms with Crippen LogP contribution in [0.5, 0.6) is 0 Å². The van der Waals surface area contributed by atoms with Crippen LogP contribution in [-0.4, -0.2) is 11.8 Å². The first-order chi connectivity index (χ1) is 14.1. The summed E-state index contributed by atoms with van der Waals surface area (Å²) in [5, 5.41) is 0. The predicted molar refractivity (Wildman–Crippen MR) is 116 cm³/mol. The molecule has 3 aromatic carbocycles. The average molecular weight is 384 g/mol. The number of fused-ring (bicyclic) bond motifs is 1. The van der Waals surface area contributed by atoms with Gasteiger partial charge in [0.25, 0.3) is 0 Å². The van der Waals surface area contributed by atoms with Crippen LogP contribution in [0.4, 0.5) is 11.4 Å².